The molecule has 0 spiro atoms. The Morgan fingerprint density at radius 1 is 1.43 bits per heavy atom. The fourth-order valence-corrected chi connectivity index (χ4v) is 2.86. The molecule has 2 N–H and O–H groups in total. The van der Waals surface area contributed by atoms with Gasteiger partial charge in [0.2, 0.25) is 5.91 Å². The summed E-state index contributed by atoms with van der Waals surface area (Å²) < 4.78 is 14.2. The molecule has 5 nitrogen and oxygen atoms in total. The highest BCUT2D eigenvalue weighted by Crippen LogP contribution is 2.20. The van der Waals surface area contributed by atoms with E-state index in [0.717, 1.165) is 13.0 Å². The Morgan fingerprint density at radius 3 is 2.83 bits per heavy atom. The predicted molar refractivity (Wildman–Crippen MR) is 91.4 cm³/mol. The highest BCUT2D eigenvalue weighted by molar-refractivity contribution is 9.10. The second-order valence-electron chi connectivity index (χ2n) is 5.40. The minimum atomic E-state index is -0.786. The molecule has 1 aliphatic heterocycles. The van der Waals surface area contributed by atoms with Crippen molar-refractivity contribution in [1.29, 1.82) is 0 Å². The zero-order valence-corrected chi connectivity index (χ0v) is 14.8. The fourth-order valence-electron chi connectivity index (χ4n) is 2.52. The second kappa shape index (κ2) is 9.20. The number of carboxylic acid groups (broad SMARTS) is 1. The molecule has 1 unspecified atom stereocenters. The van der Waals surface area contributed by atoms with Gasteiger partial charge in [-0.2, -0.15) is 0 Å². The van der Waals surface area contributed by atoms with Crippen molar-refractivity contribution in [2.45, 2.75) is 19.3 Å². The van der Waals surface area contributed by atoms with Crippen molar-refractivity contribution in [3.63, 3.8) is 0 Å². The molecular weight excluding hydrogens is 391 g/mol. The maximum absolute atomic E-state index is 13.6. The van der Waals surface area contributed by atoms with Gasteiger partial charge < -0.3 is 15.3 Å². The highest BCUT2D eigenvalue weighted by Gasteiger charge is 2.25. The van der Waals surface area contributed by atoms with Gasteiger partial charge in [0.15, 0.2) is 0 Å². The normalized spacial score (nSPS) is 18.1. The molecule has 2 rings (SSSR count). The van der Waals surface area contributed by atoms with Gasteiger partial charge in [0.25, 0.3) is 0 Å². The second-order valence-corrected chi connectivity index (χ2v) is 6.32. The molecule has 1 aliphatic rings. The predicted octanol–water partition coefficient (Wildman–Crippen LogP) is 3.14. The number of rotatable bonds is 5. The zero-order chi connectivity index (χ0) is 16.1. The summed E-state index contributed by atoms with van der Waals surface area (Å²) in [7, 11) is 0. The third-order valence-corrected chi connectivity index (χ3v) is 4.21. The van der Waals surface area contributed by atoms with Crippen LogP contribution in [0.1, 0.15) is 19.3 Å². The van der Waals surface area contributed by atoms with Gasteiger partial charge in [0.1, 0.15) is 5.82 Å². The average molecular weight is 410 g/mol. The number of benzene rings is 1. The smallest absolute Gasteiger partial charge is 0.307 e. The summed E-state index contributed by atoms with van der Waals surface area (Å²) in [6.07, 6.45) is 1.71. The summed E-state index contributed by atoms with van der Waals surface area (Å²) in [6, 6.07) is 4.44. The lowest BCUT2D eigenvalue weighted by Gasteiger charge is -2.30. The first-order chi connectivity index (χ1) is 10.5. The third kappa shape index (κ3) is 6.08. The number of hydrogen-bond donors (Lipinski definition) is 2. The van der Waals surface area contributed by atoms with E-state index in [1.165, 1.54) is 12.1 Å². The molecular formula is C15H19BrClFN2O3. The maximum Gasteiger partial charge on any atom is 0.307 e. The fraction of sp³-hybridized carbons (Fsp3) is 0.467. The largest absolute Gasteiger partial charge is 0.481 e. The van der Waals surface area contributed by atoms with Crippen LogP contribution in [0.25, 0.3) is 0 Å². The Labute approximate surface area is 148 Å². The van der Waals surface area contributed by atoms with Crippen LogP contribution >= 0.6 is 28.3 Å². The number of carboxylic acids is 1. The molecule has 23 heavy (non-hydrogen) atoms. The Kier molecular flexibility index (Phi) is 7.94. The van der Waals surface area contributed by atoms with E-state index in [1.54, 1.807) is 6.07 Å². The van der Waals surface area contributed by atoms with Crippen LogP contribution in [0.4, 0.5) is 10.1 Å². The number of anilines is 1. The van der Waals surface area contributed by atoms with Crippen LogP contribution in [0.5, 0.6) is 0 Å². The monoisotopic (exact) mass is 408 g/mol. The van der Waals surface area contributed by atoms with E-state index in [2.05, 4.69) is 21.2 Å². The van der Waals surface area contributed by atoms with E-state index in [1.807, 2.05) is 4.90 Å². The van der Waals surface area contributed by atoms with Crippen LogP contribution in [0.3, 0.4) is 0 Å². The van der Waals surface area contributed by atoms with Crippen molar-refractivity contribution in [2.75, 3.05) is 25.0 Å². The van der Waals surface area contributed by atoms with Crippen LogP contribution in [0.2, 0.25) is 0 Å². The van der Waals surface area contributed by atoms with Crippen molar-refractivity contribution in [2.24, 2.45) is 5.92 Å². The molecule has 0 radical (unpaired) electrons. The number of aliphatic carboxylic acids is 1. The number of nitrogens with one attached hydrogen (secondary N) is 1. The first kappa shape index (κ1) is 19.9. The molecule has 1 atom stereocenters. The Balaban J connectivity index is 0.00000264. The summed E-state index contributed by atoms with van der Waals surface area (Å²) in [4.78, 5) is 24.8. The number of carbonyl (C=O) groups excluding carboxylic acids is 1. The van der Waals surface area contributed by atoms with E-state index in [-0.39, 0.29) is 36.3 Å². The van der Waals surface area contributed by atoms with Crippen LogP contribution in [0.15, 0.2) is 22.7 Å². The van der Waals surface area contributed by atoms with Gasteiger partial charge in [-0.3, -0.25) is 9.59 Å². The molecule has 1 heterocycles. The summed E-state index contributed by atoms with van der Waals surface area (Å²) >= 11 is 3.16. The topological polar surface area (TPSA) is 69.6 Å². The van der Waals surface area contributed by atoms with Gasteiger partial charge in [-0.15, -0.1) is 12.4 Å². The molecule has 0 aliphatic carbocycles. The molecule has 0 bridgehead atoms. The van der Waals surface area contributed by atoms with E-state index >= 15 is 0 Å². The molecule has 1 amide bonds. The van der Waals surface area contributed by atoms with Gasteiger partial charge in [-0.1, -0.05) is 15.9 Å². The Morgan fingerprint density at radius 2 is 2.17 bits per heavy atom. The van der Waals surface area contributed by atoms with Gasteiger partial charge >= 0.3 is 5.97 Å². The first-order valence-corrected chi connectivity index (χ1v) is 7.95. The standard InChI is InChI=1S/C15H18BrFN2O3.ClH/c16-11-3-4-13(12(17)8-11)18-14(20)5-7-19-6-1-2-10(9-19)15(21)22;/h3-4,8,10H,1-2,5-7,9H2,(H,18,20)(H,21,22);1H. The number of halogens is 3. The van der Waals surface area contributed by atoms with Crippen molar-refractivity contribution < 1.29 is 19.1 Å². The van der Waals surface area contributed by atoms with Gasteiger partial charge in [-0.05, 0) is 37.6 Å². The van der Waals surface area contributed by atoms with Crippen molar-refractivity contribution in [3.05, 3.63) is 28.5 Å². The quantitative estimate of drug-likeness (QED) is 0.784. The summed E-state index contributed by atoms with van der Waals surface area (Å²) in [6.45, 7) is 1.74. The van der Waals surface area contributed by atoms with Crippen LogP contribution in [-0.2, 0) is 9.59 Å². The molecule has 0 saturated carbocycles. The average Bonchev–Trinajstić information content (AvgIpc) is 2.48. The van der Waals surface area contributed by atoms with Crippen LogP contribution in [0, 0.1) is 11.7 Å². The first-order valence-electron chi connectivity index (χ1n) is 7.16. The third-order valence-electron chi connectivity index (χ3n) is 3.72. The molecule has 1 aromatic carbocycles. The lowest BCUT2D eigenvalue weighted by atomic mass is 9.98. The van der Waals surface area contributed by atoms with E-state index in [9.17, 15) is 14.0 Å². The van der Waals surface area contributed by atoms with Crippen LogP contribution in [-0.4, -0.2) is 41.5 Å². The van der Waals surface area contributed by atoms with Gasteiger partial charge in [0.05, 0.1) is 11.6 Å². The molecule has 1 fully saturated rings. The van der Waals surface area contributed by atoms with E-state index in [4.69, 9.17) is 5.11 Å². The van der Waals surface area contributed by atoms with Crippen molar-refractivity contribution in [3.8, 4) is 0 Å². The van der Waals surface area contributed by atoms with E-state index < -0.39 is 11.8 Å². The summed E-state index contributed by atoms with van der Waals surface area (Å²) in [5.41, 5.74) is 0.148. The zero-order valence-electron chi connectivity index (χ0n) is 12.4. The summed E-state index contributed by atoms with van der Waals surface area (Å²) in [5.74, 6) is -1.92. The lowest BCUT2D eigenvalue weighted by Crippen LogP contribution is -2.40. The Bertz CT molecular complexity index is 574. The van der Waals surface area contributed by atoms with Crippen LogP contribution < -0.4 is 5.32 Å². The Hall–Kier alpha value is -1.18. The SMILES string of the molecule is Cl.O=C(CCN1CCCC(C(=O)O)C1)Nc1ccc(Br)cc1F. The minimum absolute atomic E-state index is 0. The maximum atomic E-state index is 13.6. The minimum Gasteiger partial charge on any atom is -0.481 e. The number of nitrogens with zero attached hydrogens (tertiary/aromatic N) is 1. The molecule has 128 valence electrons. The van der Waals surface area contributed by atoms with Gasteiger partial charge in [-0.25, -0.2) is 4.39 Å². The number of amides is 1. The van der Waals surface area contributed by atoms with Crippen molar-refractivity contribution >= 4 is 45.9 Å². The number of hydrogen-bond acceptors (Lipinski definition) is 3. The molecule has 1 aromatic rings. The summed E-state index contributed by atoms with van der Waals surface area (Å²) in [5, 5.41) is 11.6. The molecule has 8 heteroatoms. The lowest BCUT2D eigenvalue weighted by molar-refractivity contribution is -0.143. The molecule has 1 saturated heterocycles. The number of piperidine rings is 1. The number of likely N-dealkylation sites (tertiary alicyclic amines) is 1. The molecule has 0 aromatic heterocycles. The van der Waals surface area contributed by atoms with E-state index in [0.29, 0.717) is 24.0 Å². The van der Waals surface area contributed by atoms with Gasteiger partial charge in [0, 0.05) is 24.0 Å². The van der Waals surface area contributed by atoms with Crippen molar-refractivity contribution in [1.82, 2.24) is 4.90 Å². The number of carbonyl (C=O) groups is 2. The highest BCUT2D eigenvalue weighted by atomic mass is 79.9.